The molecule has 1 N–H and O–H groups in total. The maximum absolute atomic E-state index is 12.4. The van der Waals surface area contributed by atoms with Gasteiger partial charge in [-0.3, -0.25) is 9.59 Å². The first-order valence-electron chi connectivity index (χ1n) is 36.8. The molecule has 1 atom stereocenters. The van der Waals surface area contributed by atoms with Crippen molar-refractivity contribution < 1.29 is 24.2 Å². The van der Waals surface area contributed by atoms with Crippen molar-refractivity contribution >= 4 is 11.9 Å². The van der Waals surface area contributed by atoms with Gasteiger partial charge in [-0.15, -0.1) is 0 Å². The number of esters is 2. The molecular formula is C77H142O5. The Morgan fingerprint density at radius 2 is 0.488 bits per heavy atom. The van der Waals surface area contributed by atoms with E-state index in [9.17, 15) is 14.7 Å². The summed E-state index contributed by atoms with van der Waals surface area (Å²) in [5.74, 6) is -0.569. The molecule has 5 heteroatoms. The van der Waals surface area contributed by atoms with Crippen LogP contribution in [0.2, 0.25) is 0 Å². The molecule has 0 fully saturated rings. The van der Waals surface area contributed by atoms with Crippen molar-refractivity contribution in [3.8, 4) is 0 Å². The van der Waals surface area contributed by atoms with Crippen molar-refractivity contribution in [3.63, 3.8) is 0 Å². The molecule has 0 aliphatic heterocycles. The number of carbonyl (C=O) groups is 2. The first-order chi connectivity index (χ1) is 40.6. The number of carbonyl (C=O) groups excluding carboxylic acids is 2. The largest absolute Gasteiger partial charge is 0.462 e. The smallest absolute Gasteiger partial charge is 0.306 e. The van der Waals surface area contributed by atoms with Crippen molar-refractivity contribution in [2.45, 2.75) is 405 Å². The van der Waals surface area contributed by atoms with Crippen molar-refractivity contribution in [1.82, 2.24) is 0 Å². The first-order valence-corrected chi connectivity index (χ1v) is 36.8. The number of ether oxygens (including phenoxy) is 2. The molecule has 1 unspecified atom stereocenters. The van der Waals surface area contributed by atoms with Crippen LogP contribution in [-0.2, 0) is 19.1 Å². The third kappa shape index (κ3) is 70.1. The molecule has 0 radical (unpaired) electrons. The van der Waals surface area contributed by atoms with Gasteiger partial charge in [0.05, 0.1) is 6.61 Å². The fourth-order valence-electron chi connectivity index (χ4n) is 11.2. The van der Waals surface area contributed by atoms with Crippen LogP contribution in [0.25, 0.3) is 0 Å². The maximum Gasteiger partial charge on any atom is 0.306 e. The summed E-state index contributed by atoms with van der Waals surface area (Å²) in [4.78, 5) is 24.7. The van der Waals surface area contributed by atoms with Crippen molar-refractivity contribution in [1.29, 1.82) is 0 Å². The molecule has 480 valence electrons. The number of rotatable bonds is 69. The van der Waals surface area contributed by atoms with E-state index >= 15 is 0 Å². The summed E-state index contributed by atoms with van der Waals surface area (Å²) >= 11 is 0. The molecule has 0 saturated heterocycles. The van der Waals surface area contributed by atoms with Gasteiger partial charge in [0.1, 0.15) is 6.61 Å². The highest BCUT2D eigenvalue weighted by Crippen LogP contribution is 2.19. The lowest BCUT2D eigenvalue weighted by Crippen LogP contribution is -2.28. The molecule has 5 nitrogen and oxygen atoms in total. The van der Waals surface area contributed by atoms with Gasteiger partial charge in [-0.05, 0) is 83.5 Å². The minimum absolute atomic E-state index is 0.0614. The highest BCUT2D eigenvalue weighted by Gasteiger charge is 2.16. The van der Waals surface area contributed by atoms with Crippen LogP contribution >= 0.6 is 0 Å². The van der Waals surface area contributed by atoms with E-state index in [2.05, 4.69) is 74.6 Å². The number of aliphatic hydroxyl groups is 1. The molecule has 0 bridgehead atoms. The standard InChI is InChI=1S/C77H142O5/c1-3-5-7-9-11-13-15-17-19-21-23-25-27-29-31-33-35-36-37-38-39-40-42-43-45-47-49-51-53-55-57-59-61-63-65-67-69-71-76(79)81-74-75(73-78)82-77(80)72-70-68-66-64-62-60-58-56-54-52-50-48-46-44-41-34-32-30-28-26-24-22-20-18-16-14-12-10-8-6-4-2/h15-18,21-24,28,30,75,78H,3-14,19-20,25-27,29,31-74H2,1-2H3/b17-15-,18-16-,23-21-,24-22-,30-28-. The van der Waals surface area contributed by atoms with Gasteiger partial charge >= 0.3 is 11.9 Å². The summed E-state index contributed by atoms with van der Waals surface area (Å²) < 4.78 is 10.8. The number of unbranched alkanes of at least 4 members (excludes halogenated alkanes) is 51. The van der Waals surface area contributed by atoms with E-state index in [1.54, 1.807) is 0 Å². The van der Waals surface area contributed by atoms with E-state index in [1.165, 1.54) is 315 Å². The van der Waals surface area contributed by atoms with Crippen LogP contribution in [0.1, 0.15) is 399 Å². The minimum Gasteiger partial charge on any atom is -0.462 e. The average molecular weight is 1150 g/mol. The van der Waals surface area contributed by atoms with E-state index in [1.807, 2.05) is 0 Å². The molecule has 0 aromatic heterocycles. The number of hydrogen-bond acceptors (Lipinski definition) is 5. The summed E-state index contributed by atoms with van der Waals surface area (Å²) in [6.45, 7) is 4.17. The lowest BCUT2D eigenvalue weighted by Gasteiger charge is -2.15. The Morgan fingerprint density at radius 1 is 0.280 bits per heavy atom. The van der Waals surface area contributed by atoms with Gasteiger partial charge in [0.25, 0.3) is 0 Å². The SMILES string of the molecule is CCCCCCC/C=C\C/C=C\C/C=C\CCCCCCCCCCCCCCCCCCC(=O)OC(CO)COC(=O)CCCCCCCCCCCCCCCCCCCCCCCCCCC/C=C\C/C=C\CCCCCCC. The Kier molecular flexibility index (Phi) is 70.7. The first kappa shape index (κ1) is 79.6. The maximum atomic E-state index is 12.4. The molecular weight excluding hydrogens is 1000 g/mol. The van der Waals surface area contributed by atoms with Crippen LogP contribution in [0.5, 0.6) is 0 Å². The summed E-state index contributed by atoms with van der Waals surface area (Å²) in [5, 5.41) is 9.71. The van der Waals surface area contributed by atoms with Crippen LogP contribution in [0.4, 0.5) is 0 Å². The van der Waals surface area contributed by atoms with Gasteiger partial charge < -0.3 is 14.6 Å². The van der Waals surface area contributed by atoms with Gasteiger partial charge in [-0.1, -0.05) is 364 Å². The second-order valence-electron chi connectivity index (χ2n) is 25.0. The number of aliphatic hydroxyl groups excluding tert-OH is 1. The molecule has 0 spiro atoms. The highest BCUT2D eigenvalue weighted by atomic mass is 16.6. The summed E-state index contributed by atoms with van der Waals surface area (Å²) in [7, 11) is 0. The summed E-state index contributed by atoms with van der Waals surface area (Å²) in [6, 6.07) is 0. The van der Waals surface area contributed by atoms with E-state index in [0.29, 0.717) is 12.8 Å². The van der Waals surface area contributed by atoms with Crippen LogP contribution < -0.4 is 0 Å². The molecule has 0 amide bonds. The lowest BCUT2D eigenvalue weighted by atomic mass is 10.0. The van der Waals surface area contributed by atoms with Crippen molar-refractivity contribution in [2.75, 3.05) is 13.2 Å². The van der Waals surface area contributed by atoms with Crippen LogP contribution in [0.3, 0.4) is 0 Å². The zero-order valence-corrected chi connectivity index (χ0v) is 55.3. The zero-order chi connectivity index (χ0) is 59.1. The number of hydrogen-bond donors (Lipinski definition) is 1. The van der Waals surface area contributed by atoms with Gasteiger partial charge in [0.15, 0.2) is 6.10 Å². The molecule has 0 aromatic carbocycles. The Bertz CT molecular complexity index is 1390. The van der Waals surface area contributed by atoms with E-state index in [-0.39, 0.29) is 25.2 Å². The van der Waals surface area contributed by atoms with Crippen molar-refractivity contribution in [3.05, 3.63) is 60.8 Å². The van der Waals surface area contributed by atoms with Gasteiger partial charge in [-0.25, -0.2) is 0 Å². The fraction of sp³-hybridized carbons (Fsp3) is 0.844. The fourth-order valence-corrected chi connectivity index (χ4v) is 11.2. The third-order valence-electron chi connectivity index (χ3n) is 16.8. The molecule has 0 saturated carbocycles. The Labute approximate surface area is 512 Å². The Hall–Kier alpha value is -2.40. The molecule has 0 rings (SSSR count). The predicted molar refractivity (Wildman–Crippen MR) is 362 cm³/mol. The van der Waals surface area contributed by atoms with Crippen LogP contribution in [-0.4, -0.2) is 36.4 Å². The van der Waals surface area contributed by atoms with Gasteiger partial charge in [0, 0.05) is 12.8 Å². The highest BCUT2D eigenvalue weighted by molar-refractivity contribution is 5.70. The molecule has 0 aliphatic carbocycles. The van der Waals surface area contributed by atoms with E-state index < -0.39 is 6.10 Å². The van der Waals surface area contributed by atoms with E-state index in [0.717, 1.165) is 57.8 Å². The quantitative estimate of drug-likeness (QED) is 0.0373. The minimum atomic E-state index is -0.773. The summed E-state index contributed by atoms with van der Waals surface area (Å²) in [6.07, 6.45) is 99.9. The molecule has 0 heterocycles. The second kappa shape index (κ2) is 72.9. The molecule has 0 aliphatic rings. The number of allylic oxidation sites excluding steroid dienone is 10. The Morgan fingerprint density at radius 3 is 0.732 bits per heavy atom. The predicted octanol–water partition coefficient (Wildman–Crippen LogP) is 25.7. The monoisotopic (exact) mass is 1150 g/mol. The van der Waals surface area contributed by atoms with Gasteiger partial charge in [0.2, 0.25) is 0 Å². The Balaban J connectivity index is 3.39. The molecule has 0 aromatic rings. The topological polar surface area (TPSA) is 72.8 Å². The average Bonchev–Trinajstić information content (AvgIpc) is 3.49. The van der Waals surface area contributed by atoms with Crippen LogP contribution in [0, 0.1) is 0 Å². The normalized spacial score (nSPS) is 12.5. The summed E-state index contributed by atoms with van der Waals surface area (Å²) in [5.41, 5.74) is 0. The van der Waals surface area contributed by atoms with Crippen molar-refractivity contribution in [2.24, 2.45) is 0 Å². The molecule has 82 heavy (non-hydrogen) atoms. The van der Waals surface area contributed by atoms with E-state index in [4.69, 9.17) is 9.47 Å². The van der Waals surface area contributed by atoms with Gasteiger partial charge in [-0.2, -0.15) is 0 Å². The van der Waals surface area contributed by atoms with Crippen LogP contribution in [0.15, 0.2) is 60.8 Å². The third-order valence-corrected chi connectivity index (χ3v) is 16.8. The second-order valence-corrected chi connectivity index (χ2v) is 25.0. The zero-order valence-electron chi connectivity index (χ0n) is 55.3. The lowest BCUT2D eigenvalue weighted by molar-refractivity contribution is -0.161.